The molecule has 1 heterocycles. The lowest BCUT2D eigenvalue weighted by Gasteiger charge is -2.06. The van der Waals surface area contributed by atoms with Gasteiger partial charge in [0.05, 0.1) is 11.9 Å². The van der Waals surface area contributed by atoms with Gasteiger partial charge in [0.2, 0.25) is 0 Å². The van der Waals surface area contributed by atoms with E-state index >= 15 is 0 Å². The van der Waals surface area contributed by atoms with Crippen molar-refractivity contribution >= 4 is 11.6 Å². The van der Waals surface area contributed by atoms with Gasteiger partial charge in [0.1, 0.15) is 5.69 Å². The molecule has 0 saturated heterocycles. The van der Waals surface area contributed by atoms with Crippen molar-refractivity contribution in [2.45, 2.75) is 13.5 Å². The van der Waals surface area contributed by atoms with Gasteiger partial charge in [-0.3, -0.25) is 4.79 Å². The number of hydrogen-bond donors (Lipinski definition) is 2. The molecule has 0 bridgehead atoms. The van der Waals surface area contributed by atoms with E-state index < -0.39 is 11.6 Å². The van der Waals surface area contributed by atoms with E-state index in [2.05, 4.69) is 15.6 Å². The molecule has 0 spiro atoms. The minimum absolute atomic E-state index is 0.104. The first-order valence-electron chi connectivity index (χ1n) is 6.52. The zero-order chi connectivity index (χ0) is 15.2. The van der Waals surface area contributed by atoms with Gasteiger partial charge in [0.15, 0.2) is 11.6 Å². The summed E-state index contributed by atoms with van der Waals surface area (Å²) in [6.07, 6.45) is 1.57. The molecule has 0 aliphatic carbocycles. The monoisotopic (exact) mass is 291 g/mol. The van der Waals surface area contributed by atoms with Crippen LogP contribution in [0.1, 0.15) is 23.0 Å². The van der Waals surface area contributed by atoms with Crippen LogP contribution in [0.4, 0.5) is 14.5 Å². The molecule has 1 aromatic carbocycles. The van der Waals surface area contributed by atoms with Crippen molar-refractivity contribution in [1.82, 2.24) is 10.3 Å². The highest BCUT2D eigenvalue weighted by Gasteiger charge is 2.08. The predicted octanol–water partition coefficient (Wildman–Crippen LogP) is 2.72. The standard InChI is InChI=1S/C15H15F2N3O/c1-2-18-11-4-6-14(19-9-11)15(21)20-8-10-3-5-12(16)13(17)7-10/h3-7,9,18H,2,8H2,1H3,(H,20,21). The van der Waals surface area contributed by atoms with Gasteiger partial charge in [-0.15, -0.1) is 0 Å². The van der Waals surface area contributed by atoms with Crippen LogP contribution in [0.15, 0.2) is 36.5 Å². The second-order valence-electron chi connectivity index (χ2n) is 4.39. The van der Waals surface area contributed by atoms with Crippen LogP contribution in [0.25, 0.3) is 0 Å². The average molecular weight is 291 g/mol. The summed E-state index contributed by atoms with van der Waals surface area (Å²) >= 11 is 0. The number of amides is 1. The molecular weight excluding hydrogens is 276 g/mol. The van der Waals surface area contributed by atoms with Crippen LogP contribution in [0.5, 0.6) is 0 Å². The van der Waals surface area contributed by atoms with Gasteiger partial charge in [0.25, 0.3) is 5.91 Å². The molecule has 2 rings (SSSR count). The zero-order valence-corrected chi connectivity index (χ0v) is 11.5. The fourth-order valence-corrected chi connectivity index (χ4v) is 1.76. The van der Waals surface area contributed by atoms with Crippen LogP contribution in [0.2, 0.25) is 0 Å². The third kappa shape index (κ3) is 3.98. The van der Waals surface area contributed by atoms with Crippen molar-refractivity contribution in [3.05, 3.63) is 59.4 Å². The maximum Gasteiger partial charge on any atom is 0.270 e. The molecule has 110 valence electrons. The average Bonchev–Trinajstić information content (AvgIpc) is 2.49. The normalized spacial score (nSPS) is 10.2. The second kappa shape index (κ2) is 6.78. The summed E-state index contributed by atoms with van der Waals surface area (Å²) < 4.78 is 25.8. The van der Waals surface area contributed by atoms with Crippen molar-refractivity contribution in [3.8, 4) is 0 Å². The van der Waals surface area contributed by atoms with Crippen molar-refractivity contribution in [2.24, 2.45) is 0 Å². The number of rotatable bonds is 5. The Kier molecular flexibility index (Phi) is 4.81. The van der Waals surface area contributed by atoms with E-state index in [1.165, 1.54) is 6.07 Å². The van der Waals surface area contributed by atoms with Crippen LogP contribution < -0.4 is 10.6 Å². The number of pyridine rings is 1. The highest BCUT2D eigenvalue weighted by molar-refractivity contribution is 5.92. The van der Waals surface area contributed by atoms with Crippen molar-refractivity contribution in [1.29, 1.82) is 0 Å². The van der Waals surface area contributed by atoms with E-state index in [0.29, 0.717) is 5.56 Å². The molecule has 21 heavy (non-hydrogen) atoms. The third-order valence-corrected chi connectivity index (χ3v) is 2.81. The quantitative estimate of drug-likeness (QED) is 0.890. The first-order chi connectivity index (χ1) is 10.1. The van der Waals surface area contributed by atoms with E-state index in [0.717, 1.165) is 24.4 Å². The lowest BCUT2D eigenvalue weighted by molar-refractivity contribution is 0.0946. The minimum Gasteiger partial charge on any atom is -0.384 e. The number of carbonyl (C=O) groups is 1. The molecule has 2 aromatic rings. The van der Waals surface area contributed by atoms with Gasteiger partial charge in [-0.05, 0) is 36.8 Å². The molecule has 1 amide bonds. The predicted molar refractivity (Wildman–Crippen MR) is 75.9 cm³/mol. The van der Waals surface area contributed by atoms with Gasteiger partial charge in [-0.25, -0.2) is 13.8 Å². The Morgan fingerprint density at radius 3 is 2.62 bits per heavy atom. The Labute approximate surface area is 121 Å². The van der Waals surface area contributed by atoms with Crippen LogP contribution in [-0.2, 0) is 6.54 Å². The van der Waals surface area contributed by atoms with Crippen LogP contribution in [0, 0.1) is 11.6 Å². The fraction of sp³-hybridized carbons (Fsp3) is 0.200. The number of carbonyl (C=O) groups excluding carboxylic acids is 1. The largest absolute Gasteiger partial charge is 0.384 e. The molecule has 1 aromatic heterocycles. The molecule has 0 fully saturated rings. The lowest BCUT2D eigenvalue weighted by atomic mass is 10.2. The van der Waals surface area contributed by atoms with Gasteiger partial charge in [-0.1, -0.05) is 6.07 Å². The molecule has 0 saturated carbocycles. The summed E-state index contributed by atoms with van der Waals surface area (Å²) in [6, 6.07) is 6.85. The number of benzene rings is 1. The molecule has 4 nitrogen and oxygen atoms in total. The summed E-state index contributed by atoms with van der Waals surface area (Å²) in [5, 5.41) is 5.67. The van der Waals surface area contributed by atoms with E-state index in [-0.39, 0.29) is 18.1 Å². The molecule has 2 N–H and O–H groups in total. The number of halogens is 2. The zero-order valence-electron chi connectivity index (χ0n) is 11.5. The minimum atomic E-state index is -0.935. The second-order valence-corrected chi connectivity index (χ2v) is 4.39. The van der Waals surface area contributed by atoms with E-state index in [4.69, 9.17) is 0 Å². The van der Waals surface area contributed by atoms with E-state index in [1.54, 1.807) is 18.3 Å². The summed E-state index contributed by atoms with van der Waals surface area (Å²) in [6.45, 7) is 2.83. The molecule has 0 unspecified atom stereocenters. The molecule has 0 radical (unpaired) electrons. The van der Waals surface area contributed by atoms with Crippen LogP contribution in [0.3, 0.4) is 0 Å². The Hall–Kier alpha value is -2.50. The van der Waals surface area contributed by atoms with Crippen molar-refractivity contribution in [2.75, 3.05) is 11.9 Å². The fourth-order valence-electron chi connectivity index (χ4n) is 1.76. The van der Waals surface area contributed by atoms with Gasteiger partial charge in [-0.2, -0.15) is 0 Å². The first kappa shape index (κ1) is 14.9. The number of aromatic nitrogens is 1. The Morgan fingerprint density at radius 1 is 1.19 bits per heavy atom. The van der Waals surface area contributed by atoms with Gasteiger partial charge in [0, 0.05) is 13.1 Å². The number of nitrogens with one attached hydrogen (secondary N) is 2. The maximum absolute atomic E-state index is 13.0. The smallest absolute Gasteiger partial charge is 0.270 e. The number of anilines is 1. The SMILES string of the molecule is CCNc1ccc(C(=O)NCc2ccc(F)c(F)c2)nc1. The Balaban J connectivity index is 1.96. The number of nitrogens with zero attached hydrogens (tertiary/aromatic N) is 1. The Morgan fingerprint density at radius 2 is 2.00 bits per heavy atom. The van der Waals surface area contributed by atoms with Gasteiger partial charge >= 0.3 is 0 Å². The number of hydrogen-bond acceptors (Lipinski definition) is 3. The molecule has 0 atom stereocenters. The first-order valence-corrected chi connectivity index (χ1v) is 6.52. The van der Waals surface area contributed by atoms with Crippen LogP contribution in [-0.4, -0.2) is 17.4 Å². The Bertz CT molecular complexity index is 629. The van der Waals surface area contributed by atoms with Crippen molar-refractivity contribution in [3.63, 3.8) is 0 Å². The molecule has 0 aliphatic rings. The van der Waals surface area contributed by atoms with Crippen LogP contribution >= 0.6 is 0 Å². The third-order valence-electron chi connectivity index (χ3n) is 2.81. The highest BCUT2D eigenvalue weighted by Crippen LogP contribution is 2.09. The summed E-state index contributed by atoms with van der Waals surface area (Å²) in [5.74, 6) is -2.22. The molecule has 0 aliphatic heterocycles. The van der Waals surface area contributed by atoms with E-state index in [1.807, 2.05) is 6.92 Å². The highest BCUT2D eigenvalue weighted by atomic mass is 19.2. The lowest BCUT2D eigenvalue weighted by Crippen LogP contribution is -2.23. The van der Waals surface area contributed by atoms with E-state index in [9.17, 15) is 13.6 Å². The summed E-state index contributed by atoms with van der Waals surface area (Å²) in [7, 11) is 0. The molecular formula is C15H15F2N3O. The van der Waals surface area contributed by atoms with Crippen molar-refractivity contribution < 1.29 is 13.6 Å². The summed E-state index contributed by atoms with van der Waals surface area (Å²) in [4.78, 5) is 15.9. The topological polar surface area (TPSA) is 54.0 Å². The molecule has 6 heteroatoms. The maximum atomic E-state index is 13.0. The van der Waals surface area contributed by atoms with Gasteiger partial charge < -0.3 is 10.6 Å². The summed E-state index contributed by atoms with van der Waals surface area (Å²) in [5.41, 5.74) is 1.57.